The Morgan fingerprint density at radius 2 is 2.27 bits per heavy atom. The van der Waals surface area contributed by atoms with E-state index in [1.165, 1.54) is 25.7 Å². The molecule has 0 saturated carbocycles. The summed E-state index contributed by atoms with van der Waals surface area (Å²) in [6, 6.07) is 0. The second-order valence-electron chi connectivity index (χ2n) is 4.37. The zero-order valence-electron chi connectivity index (χ0n) is 9.71. The molecule has 1 fully saturated rings. The highest BCUT2D eigenvalue weighted by Crippen LogP contribution is 2.29. The first-order valence-electron chi connectivity index (χ1n) is 6.08. The van der Waals surface area contributed by atoms with Gasteiger partial charge < -0.3 is 4.74 Å². The molecule has 0 aromatic heterocycles. The summed E-state index contributed by atoms with van der Waals surface area (Å²) in [6.07, 6.45) is 9.55. The monoisotopic (exact) mass is 210 g/mol. The van der Waals surface area contributed by atoms with Gasteiger partial charge in [-0.3, -0.25) is 4.79 Å². The van der Waals surface area contributed by atoms with Crippen LogP contribution in [0.15, 0.2) is 12.7 Å². The van der Waals surface area contributed by atoms with Gasteiger partial charge in [-0.05, 0) is 19.3 Å². The van der Waals surface area contributed by atoms with Crippen LogP contribution in [-0.2, 0) is 9.53 Å². The Labute approximate surface area is 92.7 Å². The normalized spacial score (nSPS) is 25.3. The van der Waals surface area contributed by atoms with Crippen molar-refractivity contribution in [2.75, 3.05) is 0 Å². The molecule has 0 N–H and O–H groups in total. The molecule has 0 radical (unpaired) electrons. The maximum Gasteiger partial charge on any atom is 0.306 e. The lowest BCUT2D eigenvalue weighted by Crippen LogP contribution is -2.15. The summed E-state index contributed by atoms with van der Waals surface area (Å²) in [6.45, 7) is 5.93. The Morgan fingerprint density at radius 1 is 1.47 bits per heavy atom. The topological polar surface area (TPSA) is 26.3 Å². The smallest absolute Gasteiger partial charge is 0.306 e. The molecular weight excluding hydrogens is 188 g/mol. The highest BCUT2D eigenvalue weighted by atomic mass is 16.5. The molecule has 0 aliphatic carbocycles. The highest BCUT2D eigenvalue weighted by molar-refractivity contribution is 5.72. The first-order valence-corrected chi connectivity index (χ1v) is 6.08. The van der Waals surface area contributed by atoms with Crippen LogP contribution in [0.4, 0.5) is 0 Å². The Hall–Kier alpha value is -0.790. The third kappa shape index (κ3) is 4.06. The highest BCUT2D eigenvalue weighted by Gasteiger charge is 2.32. The lowest BCUT2D eigenvalue weighted by molar-refractivity contribution is -0.141. The fourth-order valence-corrected chi connectivity index (χ4v) is 2.17. The largest absolute Gasteiger partial charge is 0.462 e. The zero-order chi connectivity index (χ0) is 11.1. The minimum atomic E-state index is -0.0256. The summed E-state index contributed by atoms with van der Waals surface area (Å²) in [5.74, 6) is 0.360. The van der Waals surface area contributed by atoms with Crippen molar-refractivity contribution < 1.29 is 9.53 Å². The fraction of sp³-hybridized carbons (Fsp3) is 0.769. The van der Waals surface area contributed by atoms with Gasteiger partial charge in [0.05, 0.1) is 6.42 Å². The van der Waals surface area contributed by atoms with Crippen molar-refractivity contribution in [3.05, 3.63) is 12.7 Å². The van der Waals surface area contributed by atoms with Crippen molar-refractivity contribution in [1.29, 1.82) is 0 Å². The van der Waals surface area contributed by atoms with Gasteiger partial charge in [-0.1, -0.05) is 32.3 Å². The van der Waals surface area contributed by atoms with Crippen LogP contribution in [0.2, 0.25) is 0 Å². The molecule has 1 heterocycles. The van der Waals surface area contributed by atoms with Crippen LogP contribution < -0.4 is 0 Å². The van der Waals surface area contributed by atoms with Crippen molar-refractivity contribution in [3.63, 3.8) is 0 Å². The van der Waals surface area contributed by atoms with Crippen molar-refractivity contribution in [2.45, 2.75) is 58.0 Å². The SMILES string of the molecule is C=CCC1CC(=O)OC1CCCCCC. The van der Waals surface area contributed by atoms with Gasteiger partial charge in [0.1, 0.15) is 6.10 Å². The first-order chi connectivity index (χ1) is 7.27. The molecule has 0 amide bonds. The molecule has 0 bridgehead atoms. The van der Waals surface area contributed by atoms with Crippen molar-refractivity contribution in [3.8, 4) is 0 Å². The molecule has 0 spiro atoms. The molecule has 1 aliphatic rings. The van der Waals surface area contributed by atoms with Crippen LogP contribution >= 0.6 is 0 Å². The third-order valence-electron chi connectivity index (χ3n) is 3.05. The second-order valence-corrected chi connectivity index (χ2v) is 4.37. The quantitative estimate of drug-likeness (QED) is 0.365. The Bertz CT molecular complexity index is 211. The van der Waals surface area contributed by atoms with Crippen molar-refractivity contribution in [1.82, 2.24) is 0 Å². The van der Waals surface area contributed by atoms with E-state index >= 15 is 0 Å². The van der Waals surface area contributed by atoms with E-state index in [0.717, 1.165) is 12.8 Å². The predicted molar refractivity (Wildman–Crippen MR) is 61.6 cm³/mol. The summed E-state index contributed by atoms with van der Waals surface area (Å²) < 4.78 is 5.32. The zero-order valence-corrected chi connectivity index (χ0v) is 9.71. The van der Waals surface area contributed by atoms with Gasteiger partial charge >= 0.3 is 5.97 Å². The number of carbonyl (C=O) groups is 1. The van der Waals surface area contributed by atoms with E-state index in [9.17, 15) is 4.79 Å². The molecular formula is C13H22O2. The molecule has 1 saturated heterocycles. The lowest BCUT2D eigenvalue weighted by atomic mass is 9.93. The van der Waals surface area contributed by atoms with Gasteiger partial charge in [-0.15, -0.1) is 6.58 Å². The van der Waals surface area contributed by atoms with Crippen LogP contribution in [0, 0.1) is 5.92 Å². The van der Waals surface area contributed by atoms with E-state index in [-0.39, 0.29) is 12.1 Å². The van der Waals surface area contributed by atoms with Crippen LogP contribution in [0.25, 0.3) is 0 Å². The van der Waals surface area contributed by atoms with Crippen molar-refractivity contribution in [2.24, 2.45) is 5.92 Å². The summed E-state index contributed by atoms with van der Waals surface area (Å²) in [7, 11) is 0. The number of hydrogen-bond donors (Lipinski definition) is 0. The second kappa shape index (κ2) is 6.65. The van der Waals surface area contributed by atoms with Gasteiger partial charge in [0.2, 0.25) is 0 Å². The predicted octanol–water partition coefficient (Wildman–Crippen LogP) is 3.46. The van der Waals surface area contributed by atoms with E-state index < -0.39 is 0 Å². The molecule has 2 unspecified atom stereocenters. The molecule has 2 heteroatoms. The van der Waals surface area contributed by atoms with Crippen LogP contribution in [-0.4, -0.2) is 12.1 Å². The number of esters is 1. The molecule has 15 heavy (non-hydrogen) atoms. The molecule has 1 rings (SSSR count). The summed E-state index contributed by atoms with van der Waals surface area (Å²) in [5, 5.41) is 0. The number of carbonyl (C=O) groups excluding carboxylic acids is 1. The molecule has 0 aromatic rings. The minimum absolute atomic E-state index is 0.0256. The average Bonchev–Trinajstić information content (AvgIpc) is 2.55. The molecule has 2 atom stereocenters. The Morgan fingerprint density at radius 3 is 2.93 bits per heavy atom. The number of unbranched alkanes of at least 4 members (excludes halogenated alkanes) is 3. The number of hydrogen-bond acceptors (Lipinski definition) is 2. The number of cyclic esters (lactones) is 1. The van der Waals surface area contributed by atoms with Crippen LogP contribution in [0.1, 0.15) is 51.9 Å². The van der Waals surface area contributed by atoms with Crippen LogP contribution in [0.3, 0.4) is 0 Å². The van der Waals surface area contributed by atoms with Gasteiger partial charge in [-0.25, -0.2) is 0 Å². The van der Waals surface area contributed by atoms with Crippen molar-refractivity contribution >= 4 is 5.97 Å². The fourth-order valence-electron chi connectivity index (χ4n) is 2.17. The van der Waals surface area contributed by atoms with Crippen LogP contribution in [0.5, 0.6) is 0 Å². The third-order valence-corrected chi connectivity index (χ3v) is 3.05. The van der Waals surface area contributed by atoms with E-state index in [1.54, 1.807) is 0 Å². The maximum absolute atomic E-state index is 11.2. The van der Waals surface area contributed by atoms with E-state index in [2.05, 4.69) is 13.5 Å². The van der Waals surface area contributed by atoms with Gasteiger partial charge in [0.15, 0.2) is 0 Å². The molecule has 86 valence electrons. The van der Waals surface area contributed by atoms with E-state index in [0.29, 0.717) is 12.3 Å². The van der Waals surface area contributed by atoms with Gasteiger partial charge in [-0.2, -0.15) is 0 Å². The standard InChI is InChI=1S/C13H22O2/c1-3-5-6-7-9-12-11(8-4-2)10-13(14)15-12/h4,11-12H,2-3,5-10H2,1H3. The van der Waals surface area contributed by atoms with Gasteiger partial charge in [0, 0.05) is 5.92 Å². The summed E-state index contributed by atoms with van der Waals surface area (Å²) in [5.41, 5.74) is 0. The lowest BCUT2D eigenvalue weighted by Gasteiger charge is -2.15. The summed E-state index contributed by atoms with van der Waals surface area (Å²) in [4.78, 5) is 11.2. The number of allylic oxidation sites excluding steroid dienone is 1. The molecule has 0 aromatic carbocycles. The van der Waals surface area contributed by atoms with E-state index in [1.807, 2.05) is 6.08 Å². The molecule has 1 aliphatic heterocycles. The Balaban J connectivity index is 2.25. The summed E-state index contributed by atoms with van der Waals surface area (Å²) >= 11 is 0. The number of rotatable bonds is 7. The number of ether oxygens (including phenoxy) is 1. The Kier molecular flexibility index (Phi) is 5.44. The van der Waals surface area contributed by atoms with E-state index in [4.69, 9.17) is 4.74 Å². The average molecular weight is 210 g/mol. The maximum atomic E-state index is 11.2. The minimum Gasteiger partial charge on any atom is -0.462 e. The first kappa shape index (κ1) is 12.3. The van der Waals surface area contributed by atoms with Gasteiger partial charge in [0.25, 0.3) is 0 Å². The molecule has 2 nitrogen and oxygen atoms in total.